The molecule has 0 amide bonds. The number of thioether (sulfide) groups is 1. The van der Waals surface area contributed by atoms with E-state index in [0.717, 1.165) is 28.3 Å². The van der Waals surface area contributed by atoms with Gasteiger partial charge in [-0.05, 0) is 36.8 Å². The van der Waals surface area contributed by atoms with Crippen molar-refractivity contribution in [2.75, 3.05) is 26.5 Å². The Labute approximate surface area is 139 Å². The highest BCUT2D eigenvalue weighted by Gasteiger charge is 2.15. The molecule has 0 saturated carbocycles. The van der Waals surface area contributed by atoms with E-state index < -0.39 is 0 Å². The highest BCUT2D eigenvalue weighted by Crippen LogP contribution is 2.25. The highest BCUT2D eigenvalue weighted by atomic mass is 79.9. The summed E-state index contributed by atoms with van der Waals surface area (Å²) in [4.78, 5) is 4.27. The number of nitrogens with zero attached hydrogens (tertiary/aromatic N) is 1. The van der Waals surface area contributed by atoms with Gasteiger partial charge in [-0.1, -0.05) is 15.9 Å². The number of hydrogen-bond donors (Lipinski definition) is 2. The van der Waals surface area contributed by atoms with E-state index in [9.17, 15) is 0 Å². The van der Waals surface area contributed by atoms with Crippen LogP contribution in [0.4, 0.5) is 0 Å². The van der Waals surface area contributed by atoms with Gasteiger partial charge in [0.05, 0.1) is 7.11 Å². The first-order valence-corrected chi connectivity index (χ1v) is 8.95. The van der Waals surface area contributed by atoms with Gasteiger partial charge in [0.1, 0.15) is 5.75 Å². The molecule has 21 heavy (non-hydrogen) atoms. The Kier molecular flexibility index (Phi) is 6.70. The predicted octanol–water partition coefficient (Wildman–Crippen LogP) is 3.02. The standard InChI is InChI=1S/C15H22BrN3OS/c1-17-15(19-10-13-4-3-7-21-13)18-9-11-8-12(16)5-6-14(11)20-2/h5-6,8,13H,3-4,7,9-10H2,1-2H3,(H2,17,18,19). The van der Waals surface area contributed by atoms with Gasteiger partial charge < -0.3 is 15.4 Å². The van der Waals surface area contributed by atoms with Gasteiger partial charge in [0.25, 0.3) is 0 Å². The van der Waals surface area contributed by atoms with Crippen LogP contribution in [0.1, 0.15) is 18.4 Å². The number of hydrogen-bond acceptors (Lipinski definition) is 3. The van der Waals surface area contributed by atoms with Crippen molar-refractivity contribution < 1.29 is 4.74 Å². The van der Waals surface area contributed by atoms with E-state index in [1.165, 1.54) is 18.6 Å². The van der Waals surface area contributed by atoms with Crippen molar-refractivity contribution in [3.05, 3.63) is 28.2 Å². The van der Waals surface area contributed by atoms with Gasteiger partial charge in [0.15, 0.2) is 5.96 Å². The number of nitrogens with one attached hydrogen (secondary N) is 2. The fourth-order valence-corrected chi connectivity index (χ4v) is 3.91. The van der Waals surface area contributed by atoms with Crippen LogP contribution in [0.15, 0.2) is 27.7 Å². The molecule has 1 fully saturated rings. The predicted molar refractivity (Wildman–Crippen MR) is 94.4 cm³/mol. The molecule has 0 bridgehead atoms. The van der Waals surface area contributed by atoms with Crippen LogP contribution in [0.2, 0.25) is 0 Å². The fraction of sp³-hybridized carbons (Fsp3) is 0.533. The Morgan fingerprint density at radius 1 is 1.48 bits per heavy atom. The summed E-state index contributed by atoms with van der Waals surface area (Å²) < 4.78 is 6.43. The van der Waals surface area contributed by atoms with Crippen molar-refractivity contribution in [3.63, 3.8) is 0 Å². The van der Waals surface area contributed by atoms with Crippen LogP contribution in [0.25, 0.3) is 0 Å². The molecular weight excluding hydrogens is 350 g/mol. The van der Waals surface area contributed by atoms with Crippen LogP contribution in [-0.2, 0) is 6.54 Å². The summed E-state index contributed by atoms with van der Waals surface area (Å²) in [5.74, 6) is 3.00. The number of benzene rings is 1. The van der Waals surface area contributed by atoms with Crippen molar-refractivity contribution in [2.45, 2.75) is 24.6 Å². The number of halogens is 1. The lowest BCUT2D eigenvalue weighted by molar-refractivity contribution is 0.409. The number of rotatable bonds is 5. The Morgan fingerprint density at radius 3 is 3.00 bits per heavy atom. The molecule has 1 aromatic carbocycles. The minimum Gasteiger partial charge on any atom is -0.496 e. The third-order valence-corrected chi connectivity index (χ3v) is 5.32. The minimum atomic E-state index is 0.681. The van der Waals surface area contributed by atoms with Gasteiger partial charge in [-0.3, -0.25) is 4.99 Å². The first-order valence-electron chi connectivity index (χ1n) is 7.11. The molecule has 1 atom stereocenters. The normalized spacial score (nSPS) is 18.6. The zero-order valence-corrected chi connectivity index (χ0v) is 14.9. The van der Waals surface area contributed by atoms with Crippen molar-refractivity contribution in [1.29, 1.82) is 0 Å². The van der Waals surface area contributed by atoms with E-state index in [2.05, 4.69) is 37.6 Å². The molecule has 0 aliphatic carbocycles. The highest BCUT2D eigenvalue weighted by molar-refractivity contribution is 9.10. The van der Waals surface area contributed by atoms with E-state index in [1.54, 1.807) is 14.2 Å². The minimum absolute atomic E-state index is 0.681. The quantitative estimate of drug-likeness (QED) is 0.616. The monoisotopic (exact) mass is 371 g/mol. The maximum Gasteiger partial charge on any atom is 0.191 e. The SMILES string of the molecule is CN=C(NCc1cc(Br)ccc1OC)NCC1CCCS1. The molecule has 1 saturated heterocycles. The Bertz CT molecular complexity index is 490. The lowest BCUT2D eigenvalue weighted by atomic mass is 10.2. The van der Waals surface area contributed by atoms with Gasteiger partial charge in [-0.2, -0.15) is 11.8 Å². The van der Waals surface area contributed by atoms with E-state index in [1.807, 2.05) is 23.9 Å². The topological polar surface area (TPSA) is 45.7 Å². The molecule has 2 N–H and O–H groups in total. The van der Waals surface area contributed by atoms with Crippen molar-refractivity contribution in [1.82, 2.24) is 10.6 Å². The number of guanidine groups is 1. The maximum atomic E-state index is 5.38. The van der Waals surface area contributed by atoms with Crippen molar-refractivity contribution >= 4 is 33.7 Å². The average Bonchev–Trinajstić information content (AvgIpc) is 3.01. The molecule has 1 aliphatic heterocycles. The van der Waals surface area contributed by atoms with Crippen molar-refractivity contribution in [3.8, 4) is 5.75 Å². The zero-order chi connectivity index (χ0) is 15.1. The van der Waals surface area contributed by atoms with Crippen LogP contribution in [0.5, 0.6) is 5.75 Å². The summed E-state index contributed by atoms with van der Waals surface area (Å²) >= 11 is 5.54. The van der Waals surface area contributed by atoms with E-state index >= 15 is 0 Å². The summed E-state index contributed by atoms with van der Waals surface area (Å²) in [6.07, 6.45) is 2.63. The van der Waals surface area contributed by atoms with Gasteiger partial charge in [-0.15, -0.1) is 0 Å². The lowest BCUT2D eigenvalue weighted by Gasteiger charge is -2.16. The van der Waals surface area contributed by atoms with Gasteiger partial charge in [0, 0.05) is 35.4 Å². The maximum absolute atomic E-state index is 5.38. The molecule has 1 unspecified atom stereocenters. The summed E-state index contributed by atoms with van der Waals surface area (Å²) in [6.45, 7) is 1.65. The summed E-state index contributed by atoms with van der Waals surface area (Å²) in [5.41, 5.74) is 1.10. The Morgan fingerprint density at radius 2 is 2.33 bits per heavy atom. The first-order chi connectivity index (χ1) is 10.2. The van der Waals surface area contributed by atoms with Gasteiger partial charge in [-0.25, -0.2) is 0 Å². The molecule has 0 aromatic heterocycles. The number of ether oxygens (including phenoxy) is 1. The first kappa shape index (κ1) is 16.5. The van der Waals surface area contributed by atoms with Gasteiger partial charge >= 0.3 is 0 Å². The Balaban J connectivity index is 1.86. The van der Waals surface area contributed by atoms with Crippen LogP contribution < -0.4 is 15.4 Å². The second-order valence-electron chi connectivity index (χ2n) is 4.90. The molecule has 1 aliphatic rings. The van der Waals surface area contributed by atoms with Crippen LogP contribution in [-0.4, -0.2) is 37.7 Å². The molecule has 0 spiro atoms. The summed E-state index contributed by atoms with van der Waals surface area (Å²) in [7, 11) is 3.49. The third-order valence-electron chi connectivity index (χ3n) is 3.43. The van der Waals surface area contributed by atoms with Crippen molar-refractivity contribution in [2.24, 2.45) is 4.99 Å². The molecule has 4 nitrogen and oxygen atoms in total. The lowest BCUT2D eigenvalue weighted by Crippen LogP contribution is -2.39. The summed E-state index contributed by atoms with van der Waals surface area (Å²) in [6, 6.07) is 6.01. The number of methoxy groups -OCH3 is 1. The van der Waals surface area contributed by atoms with E-state index in [0.29, 0.717) is 11.8 Å². The molecule has 116 valence electrons. The molecule has 0 radical (unpaired) electrons. The summed E-state index contributed by atoms with van der Waals surface area (Å²) in [5, 5.41) is 7.45. The van der Waals surface area contributed by atoms with Gasteiger partial charge in [0.2, 0.25) is 0 Å². The average molecular weight is 372 g/mol. The molecule has 6 heteroatoms. The second-order valence-corrected chi connectivity index (χ2v) is 7.22. The second kappa shape index (κ2) is 8.54. The molecule has 2 rings (SSSR count). The largest absolute Gasteiger partial charge is 0.496 e. The van der Waals surface area contributed by atoms with Crippen LogP contribution >= 0.6 is 27.7 Å². The third kappa shape index (κ3) is 5.11. The molecule has 1 heterocycles. The molecular formula is C15H22BrN3OS. The Hall–Kier alpha value is -0.880. The van der Waals surface area contributed by atoms with Crippen LogP contribution in [0.3, 0.4) is 0 Å². The smallest absolute Gasteiger partial charge is 0.191 e. The van der Waals surface area contributed by atoms with E-state index in [-0.39, 0.29) is 0 Å². The fourth-order valence-electron chi connectivity index (χ4n) is 2.30. The number of aliphatic imine (C=N–C) groups is 1. The molecule has 1 aromatic rings. The zero-order valence-electron chi connectivity index (χ0n) is 12.5. The van der Waals surface area contributed by atoms with E-state index in [4.69, 9.17) is 4.74 Å². The van der Waals surface area contributed by atoms with Crippen LogP contribution in [0, 0.1) is 0 Å².